The topological polar surface area (TPSA) is 73.6 Å². The molecule has 0 aliphatic carbocycles. The Morgan fingerprint density at radius 3 is 3.00 bits per heavy atom. The molecule has 0 fully saturated rings. The van der Waals surface area contributed by atoms with Crippen LogP contribution in [0.25, 0.3) is 0 Å². The second-order valence-corrected chi connectivity index (χ2v) is 4.46. The van der Waals surface area contributed by atoms with Gasteiger partial charge in [-0.25, -0.2) is 0 Å². The molecule has 0 radical (unpaired) electrons. The number of nitriles is 1. The summed E-state index contributed by atoms with van der Waals surface area (Å²) in [5.41, 5.74) is 0.603. The van der Waals surface area contributed by atoms with Gasteiger partial charge in [0.2, 0.25) is 5.91 Å². The van der Waals surface area contributed by atoms with Gasteiger partial charge in [0.15, 0.2) is 6.61 Å². The summed E-state index contributed by atoms with van der Waals surface area (Å²) in [5, 5.41) is 8.52. The van der Waals surface area contributed by atoms with E-state index in [9.17, 15) is 9.59 Å². The highest BCUT2D eigenvalue weighted by molar-refractivity contribution is 6.02. The van der Waals surface area contributed by atoms with E-state index in [1.54, 1.807) is 25.2 Å². The molecular weight excluding hydrogens is 258 g/mol. The molecule has 1 aliphatic heterocycles. The van der Waals surface area contributed by atoms with Gasteiger partial charge in [-0.05, 0) is 12.1 Å². The van der Waals surface area contributed by atoms with Crippen molar-refractivity contribution in [2.45, 2.75) is 6.42 Å². The van der Waals surface area contributed by atoms with Crippen molar-refractivity contribution in [2.24, 2.45) is 0 Å². The summed E-state index contributed by atoms with van der Waals surface area (Å²) < 4.78 is 5.31. The lowest BCUT2D eigenvalue weighted by Gasteiger charge is -2.30. The number of hydrogen-bond acceptors (Lipinski definition) is 4. The Balaban J connectivity index is 2.11. The maximum absolute atomic E-state index is 12.1. The van der Waals surface area contributed by atoms with Gasteiger partial charge in [-0.15, -0.1) is 0 Å². The molecule has 0 spiro atoms. The van der Waals surface area contributed by atoms with Crippen molar-refractivity contribution in [3.8, 4) is 11.8 Å². The van der Waals surface area contributed by atoms with Gasteiger partial charge >= 0.3 is 0 Å². The van der Waals surface area contributed by atoms with Crippen LogP contribution in [0.2, 0.25) is 0 Å². The number of fused-ring (bicyclic) bond motifs is 1. The van der Waals surface area contributed by atoms with Crippen molar-refractivity contribution in [1.82, 2.24) is 4.90 Å². The number of nitrogens with zero attached hydrogens (tertiary/aromatic N) is 3. The largest absolute Gasteiger partial charge is 0.482 e. The number of hydrogen-bond donors (Lipinski definition) is 0. The van der Waals surface area contributed by atoms with Crippen LogP contribution in [0.5, 0.6) is 5.75 Å². The van der Waals surface area contributed by atoms with Gasteiger partial charge in [-0.2, -0.15) is 5.26 Å². The summed E-state index contributed by atoms with van der Waals surface area (Å²) in [6.07, 6.45) is 0.274. The van der Waals surface area contributed by atoms with E-state index in [4.69, 9.17) is 10.00 Å². The molecule has 20 heavy (non-hydrogen) atoms. The Morgan fingerprint density at radius 2 is 2.25 bits per heavy atom. The van der Waals surface area contributed by atoms with E-state index in [1.807, 2.05) is 12.1 Å². The molecule has 1 aromatic carbocycles. The smallest absolute Gasteiger partial charge is 0.265 e. The van der Waals surface area contributed by atoms with Crippen LogP contribution in [-0.4, -0.2) is 43.5 Å². The van der Waals surface area contributed by atoms with E-state index >= 15 is 0 Å². The lowest BCUT2D eigenvalue weighted by Crippen LogP contribution is -2.45. The van der Waals surface area contributed by atoms with Gasteiger partial charge in [0.05, 0.1) is 18.2 Å². The number of rotatable bonds is 4. The van der Waals surface area contributed by atoms with Crippen LogP contribution in [0.15, 0.2) is 24.3 Å². The third kappa shape index (κ3) is 2.88. The first-order valence-corrected chi connectivity index (χ1v) is 6.26. The van der Waals surface area contributed by atoms with E-state index < -0.39 is 0 Å². The third-order valence-electron chi connectivity index (χ3n) is 3.09. The maximum Gasteiger partial charge on any atom is 0.265 e. The molecule has 1 heterocycles. The summed E-state index contributed by atoms with van der Waals surface area (Å²) in [5.74, 6) is 0.149. The van der Waals surface area contributed by atoms with E-state index in [0.717, 1.165) is 0 Å². The van der Waals surface area contributed by atoms with Gasteiger partial charge in [0, 0.05) is 13.6 Å². The van der Waals surface area contributed by atoms with Gasteiger partial charge in [-0.3, -0.25) is 14.5 Å². The second kappa shape index (κ2) is 6.06. The van der Waals surface area contributed by atoms with Gasteiger partial charge < -0.3 is 9.64 Å². The molecule has 0 aromatic heterocycles. The van der Waals surface area contributed by atoms with Crippen LogP contribution in [0, 0.1) is 11.3 Å². The minimum Gasteiger partial charge on any atom is -0.482 e. The number of carbonyl (C=O) groups excluding carboxylic acids is 2. The molecule has 104 valence electrons. The minimum absolute atomic E-state index is 0.0405. The van der Waals surface area contributed by atoms with Gasteiger partial charge in [0.25, 0.3) is 5.91 Å². The van der Waals surface area contributed by atoms with Crippen molar-refractivity contribution < 1.29 is 14.3 Å². The highest BCUT2D eigenvalue weighted by atomic mass is 16.5. The fourth-order valence-electron chi connectivity index (χ4n) is 1.93. The molecule has 1 aliphatic rings. The lowest BCUT2D eigenvalue weighted by atomic mass is 10.2. The van der Waals surface area contributed by atoms with Gasteiger partial charge in [0.1, 0.15) is 12.3 Å². The highest BCUT2D eigenvalue weighted by Crippen LogP contribution is 2.31. The standard InChI is InChI=1S/C14H15N3O3/c1-16(8-4-7-15)13(18)9-17-11-5-2-3-6-12(11)20-10-14(17)19/h2-3,5-6H,4,8-10H2,1H3. The molecule has 6 nitrogen and oxygen atoms in total. The number of para-hydroxylation sites is 2. The number of ether oxygens (including phenoxy) is 1. The Bertz CT molecular complexity index is 565. The number of carbonyl (C=O) groups is 2. The Labute approximate surface area is 117 Å². The summed E-state index contributed by atoms with van der Waals surface area (Å²) in [6.45, 7) is 0.253. The zero-order valence-electron chi connectivity index (χ0n) is 11.2. The number of benzene rings is 1. The highest BCUT2D eigenvalue weighted by Gasteiger charge is 2.27. The molecule has 6 heteroatoms. The fourth-order valence-corrected chi connectivity index (χ4v) is 1.93. The first-order valence-electron chi connectivity index (χ1n) is 6.26. The van der Waals surface area contributed by atoms with Crippen molar-refractivity contribution >= 4 is 17.5 Å². The van der Waals surface area contributed by atoms with Crippen LogP contribution >= 0.6 is 0 Å². The number of anilines is 1. The van der Waals surface area contributed by atoms with Crippen molar-refractivity contribution in [3.63, 3.8) is 0 Å². The first-order chi connectivity index (χ1) is 9.63. The quantitative estimate of drug-likeness (QED) is 0.812. The monoisotopic (exact) mass is 273 g/mol. The molecular formula is C14H15N3O3. The molecule has 0 bridgehead atoms. The minimum atomic E-state index is -0.245. The molecule has 0 unspecified atom stereocenters. The zero-order chi connectivity index (χ0) is 14.5. The SMILES string of the molecule is CN(CCC#N)C(=O)CN1C(=O)COc2ccccc21. The first kappa shape index (κ1) is 13.9. The molecule has 2 rings (SSSR count). The van der Waals surface area contributed by atoms with Crippen molar-refractivity contribution in [2.75, 3.05) is 31.6 Å². The van der Waals surface area contributed by atoms with E-state index in [1.165, 1.54) is 9.80 Å². The summed E-state index contributed by atoms with van der Waals surface area (Å²) in [7, 11) is 1.62. The van der Waals surface area contributed by atoms with Crippen LogP contribution in [0.4, 0.5) is 5.69 Å². The second-order valence-electron chi connectivity index (χ2n) is 4.46. The average molecular weight is 273 g/mol. The number of amides is 2. The van der Waals surface area contributed by atoms with Crippen LogP contribution in [-0.2, 0) is 9.59 Å². The Morgan fingerprint density at radius 1 is 1.50 bits per heavy atom. The number of likely N-dealkylation sites (N-methyl/N-ethyl adjacent to an activating group) is 1. The normalized spacial score (nSPS) is 13.2. The average Bonchev–Trinajstić information content (AvgIpc) is 2.47. The molecule has 0 saturated heterocycles. The van der Waals surface area contributed by atoms with Gasteiger partial charge in [-0.1, -0.05) is 12.1 Å². The lowest BCUT2D eigenvalue weighted by molar-refractivity contribution is -0.130. The molecule has 2 amide bonds. The van der Waals surface area contributed by atoms with E-state index in [-0.39, 0.29) is 31.4 Å². The van der Waals surface area contributed by atoms with Crippen molar-refractivity contribution in [1.29, 1.82) is 5.26 Å². The Kier molecular flexibility index (Phi) is 4.20. The van der Waals surface area contributed by atoms with Crippen LogP contribution in [0.1, 0.15) is 6.42 Å². The van der Waals surface area contributed by atoms with Crippen LogP contribution < -0.4 is 9.64 Å². The summed E-state index contributed by atoms with van der Waals surface area (Å²) in [4.78, 5) is 26.8. The fraction of sp³-hybridized carbons (Fsp3) is 0.357. The zero-order valence-corrected chi connectivity index (χ0v) is 11.2. The van der Waals surface area contributed by atoms with E-state index in [0.29, 0.717) is 18.0 Å². The van der Waals surface area contributed by atoms with Crippen LogP contribution in [0.3, 0.4) is 0 Å². The molecule has 0 atom stereocenters. The van der Waals surface area contributed by atoms with E-state index in [2.05, 4.69) is 0 Å². The predicted octanol–water partition coefficient (Wildman–Crippen LogP) is 0.784. The molecule has 0 saturated carbocycles. The summed E-state index contributed by atoms with van der Waals surface area (Å²) in [6, 6.07) is 9.10. The third-order valence-corrected chi connectivity index (χ3v) is 3.09. The maximum atomic E-state index is 12.1. The van der Waals surface area contributed by atoms with Crippen molar-refractivity contribution in [3.05, 3.63) is 24.3 Å². The summed E-state index contributed by atoms with van der Waals surface area (Å²) >= 11 is 0. The predicted molar refractivity (Wildman–Crippen MR) is 72.2 cm³/mol. The molecule has 1 aromatic rings. The molecule has 0 N–H and O–H groups in total. The Hall–Kier alpha value is -2.55.